The Labute approximate surface area is 123 Å². The molecular weight excluding hydrogens is 274 g/mol. The molecule has 1 aromatic carbocycles. The summed E-state index contributed by atoms with van der Waals surface area (Å²) in [5.74, 6) is 3.12. The van der Waals surface area contributed by atoms with E-state index in [0.29, 0.717) is 0 Å². The number of benzene rings is 1. The first-order chi connectivity index (χ1) is 9.33. The molecule has 0 N–H and O–H groups in total. The number of nitrogens with zero attached hydrogens (tertiary/aromatic N) is 1. The third-order valence-electron chi connectivity index (χ3n) is 2.76. The summed E-state index contributed by atoms with van der Waals surface area (Å²) in [4.78, 5) is 4.70. The van der Waals surface area contributed by atoms with E-state index in [1.54, 1.807) is 18.4 Å². The van der Waals surface area contributed by atoms with E-state index < -0.39 is 0 Å². The van der Waals surface area contributed by atoms with E-state index >= 15 is 0 Å². The van der Waals surface area contributed by atoms with E-state index in [-0.39, 0.29) is 0 Å². The number of unbranched alkanes of at least 4 members (excludes halogenated alkanes) is 1. The average molecular weight is 293 g/mol. The van der Waals surface area contributed by atoms with Gasteiger partial charge in [0.25, 0.3) is 0 Å². The van der Waals surface area contributed by atoms with Crippen LogP contribution in [0.3, 0.4) is 0 Å². The Balaban J connectivity index is 1.99. The third kappa shape index (κ3) is 4.25. The predicted octanol–water partition coefficient (Wildman–Crippen LogP) is 4.85. The van der Waals surface area contributed by atoms with Gasteiger partial charge in [-0.2, -0.15) is 11.8 Å². The number of rotatable bonds is 7. The van der Waals surface area contributed by atoms with Gasteiger partial charge in [-0.25, -0.2) is 4.98 Å². The van der Waals surface area contributed by atoms with Gasteiger partial charge in [-0.15, -0.1) is 11.3 Å². The molecule has 0 aliphatic rings. The maximum absolute atomic E-state index is 5.25. The zero-order chi connectivity index (χ0) is 13.5. The first-order valence-electron chi connectivity index (χ1n) is 6.50. The monoisotopic (exact) mass is 293 g/mol. The minimum atomic E-state index is 0.881. The minimum absolute atomic E-state index is 0.881. The van der Waals surface area contributed by atoms with Crippen molar-refractivity contribution in [2.75, 3.05) is 12.9 Å². The Bertz CT molecular complexity index is 510. The van der Waals surface area contributed by atoms with Gasteiger partial charge in [0.15, 0.2) is 0 Å². The van der Waals surface area contributed by atoms with Gasteiger partial charge in [0.05, 0.1) is 12.8 Å². The van der Waals surface area contributed by atoms with Crippen molar-refractivity contribution in [3.8, 4) is 16.3 Å². The van der Waals surface area contributed by atoms with Crippen molar-refractivity contribution in [3.05, 3.63) is 35.3 Å². The lowest BCUT2D eigenvalue weighted by molar-refractivity contribution is 0.415. The van der Waals surface area contributed by atoms with Crippen LogP contribution in [0.1, 0.15) is 25.5 Å². The van der Waals surface area contributed by atoms with Crippen LogP contribution in [0.5, 0.6) is 5.75 Å². The molecule has 4 heteroatoms. The topological polar surface area (TPSA) is 22.1 Å². The van der Waals surface area contributed by atoms with Crippen molar-refractivity contribution in [2.24, 2.45) is 0 Å². The van der Waals surface area contributed by atoms with Crippen LogP contribution < -0.4 is 4.74 Å². The minimum Gasteiger partial charge on any atom is -0.497 e. The highest BCUT2D eigenvalue weighted by atomic mass is 32.2. The molecule has 102 valence electrons. The summed E-state index contributed by atoms with van der Waals surface area (Å²) in [6, 6.07) is 8.08. The zero-order valence-electron chi connectivity index (χ0n) is 11.4. The molecule has 2 rings (SSSR count). The normalized spacial score (nSPS) is 10.6. The number of ether oxygens (including phenoxy) is 1. The molecule has 0 radical (unpaired) electrons. The van der Waals surface area contributed by atoms with Gasteiger partial charge in [0, 0.05) is 16.7 Å². The standard InChI is InChI=1S/C15H19NOS2/c1-3-4-8-18-10-13-11-19-15(16-13)12-6-5-7-14(9-12)17-2/h5-7,9,11H,3-4,8,10H2,1-2H3. The van der Waals surface area contributed by atoms with Gasteiger partial charge in [0.1, 0.15) is 10.8 Å². The fraction of sp³-hybridized carbons (Fsp3) is 0.400. The van der Waals surface area contributed by atoms with Gasteiger partial charge in [0.2, 0.25) is 0 Å². The molecule has 0 saturated heterocycles. The number of thiazole rings is 1. The summed E-state index contributed by atoms with van der Waals surface area (Å²) in [5, 5.41) is 3.23. The van der Waals surface area contributed by atoms with E-state index in [2.05, 4.69) is 18.4 Å². The molecule has 0 aliphatic carbocycles. The highest BCUT2D eigenvalue weighted by Gasteiger charge is 2.05. The zero-order valence-corrected chi connectivity index (χ0v) is 13.0. The molecule has 19 heavy (non-hydrogen) atoms. The van der Waals surface area contributed by atoms with E-state index in [4.69, 9.17) is 9.72 Å². The molecule has 0 amide bonds. The fourth-order valence-corrected chi connectivity index (χ4v) is 3.60. The molecule has 1 aromatic heterocycles. The molecule has 0 aliphatic heterocycles. The van der Waals surface area contributed by atoms with Crippen LogP contribution in [0, 0.1) is 0 Å². The molecule has 0 saturated carbocycles. The molecular formula is C15H19NOS2. The third-order valence-corrected chi connectivity index (χ3v) is 4.78. The van der Waals surface area contributed by atoms with Crippen LogP contribution in [0.15, 0.2) is 29.6 Å². The molecule has 0 unspecified atom stereocenters. The Kier molecular flexibility index (Phi) is 5.73. The van der Waals surface area contributed by atoms with Crippen molar-refractivity contribution in [2.45, 2.75) is 25.5 Å². The Morgan fingerprint density at radius 2 is 2.26 bits per heavy atom. The van der Waals surface area contributed by atoms with Crippen LogP contribution in [-0.4, -0.2) is 17.8 Å². The lowest BCUT2D eigenvalue weighted by Gasteiger charge is -2.01. The number of thioether (sulfide) groups is 1. The average Bonchev–Trinajstić information content (AvgIpc) is 2.92. The summed E-state index contributed by atoms with van der Waals surface area (Å²) >= 11 is 3.67. The Hall–Kier alpha value is -1.00. The molecule has 0 fully saturated rings. The largest absolute Gasteiger partial charge is 0.497 e. The second kappa shape index (κ2) is 7.56. The highest BCUT2D eigenvalue weighted by molar-refractivity contribution is 7.98. The Morgan fingerprint density at radius 3 is 3.05 bits per heavy atom. The van der Waals surface area contributed by atoms with Crippen LogP contribution >= 0.6 is 23.1 Å². The molecule has 1 heterocycles. The molecule has 0 bridgehead atoms. The van der Waals surface area contributed by atoms with Gasteiger partial charge < -0.3 is 4.74 Å². The summed E-state index contributed by atoms with van der Waals surface area (Å²) in [6.45, 7) is 2.23. The maximum atomic E-state index is 5.25. The lowest BCUT2D eigenvalue weighted by Crippen LogP contribution is -1.85. The maximum Gasteiger partial charge on any atom is 0.123 e. The first kappa shape index (κ1) is 14.4. The Morgan fingerprint density at radius 1 is 1.37 bits per heavy atom. The molecule has 0 atom stereocenters. The fourth-order valence-electron chi connectivity index (χ4n) is 1.69. The molecule has 2 nitrogen and oxygen atoms in total. The van der Waals surface area contributed by atoms with Crippen molar-refractivity contribution < 1.29 is 4.74 Å². The van der Waals surface area contributed by atoms with Crippen molar-refractivity contribution in [1.29, 1.82) is 0 Å². The smallest absolute Gasteiger partial charge is 0.123 e. The summed E-state index contributed by atoms with van der Waals surface area (Å²) in [7, 11) is 1.69. The van der Waals surface area contributed by atoms with E-state index in [1.165, 1.54) is 24.3 Å². The van der Waals surface area contributed by atoms with Crippen LogP contribution in [-0.2, 0) is 5.75 Å². The van der Waals surface area contributed by atoms with Gasteiger partial charge in [-0.05, 0) is 24.3 Å². The number of methoxy groups -OCH3 is 1. The van der Waals surface area contributed by atoms with Gasteiger partial charge >= 0.3 is 0 Å². The summed E-state index contributed by atoms with van der Waals surface area (Å²) in [6.07, 6.45) is 2.55. The van der Waals surface area contributed by atoms with Crippen LogP contribution in [0.4, 0.5) is 0 Å². The van der Waals surface area contributed by atoms with E-state index in [0.717, 1.165) is 22.1 Å². The number of hydrogen-bond donors (Lipinski definition) is 0. The lowest BCUT2D eigenvalue weighted by atomic mass is 10.2. The van der Waals surface area contributed by atoms with Crippen molar-refractivity contribution >= 4 is 23.1 Å². The van der Waals surface area contributed by atoms with Gasteiger partial charge in [-0.1, -0.05) is 25.5 Å². The number of aromatic nitrogens is 1. The second-order valence-corrected chi connectivity index (χ2v) is 6.25. The highest BCUT2D eigenvalue weighted by Crippen LogP contribution is 2.28. The quantitative estimate of drug-likeness (QED) is 0.681. The van der Waals surface area contributed by atoms with Crippen LogP contribution in [0.2, 0.25) is 0 Å². The van der Waals surface area contributed by atoms with Gasteiger partial charge in [-0.3, -0.25) is 0 Å². The summed E-state index contributed by atoms with van der Waals surface area (Å²) in [5.41, 5.74) is 2.32. The van der Waals surface area contributed by atoms with E-state index in [1.807, 2.05) is 30.0 Å². The summed E-state index contributed by atoms with van der Waals surface area (Å²) < 4.78 is 5.25. The van der Waals surface area contributed by atoms with Crippen molar-refractivity contribution in [3.63, 3.8) is 0 Å². The van der Waals surface area contributed by atoms with Crippen LogP contribution in [0.25, 0.3) is 10.6 Å². The predicted molar refractivity (Wildman–Crippen MR) is 85.2 cm³/mol. The molecule has 0 spiro atoms. The van der Waals surface area contributed by atoms with E-state index in [9.17, 15) is 0 Å². The molecule has 2 aromatic rings. The van der Waals surface area contributed by atoms with Crippen molar-refractivity contribution in [1.82, 2.24) is 4.98 Å². The second-order valence-electron chi connectivity index (χ2n) is 4.28. The first-order valence-corrected chi connectivity index (χ1v) is 8.53. The SMILES string of the molecule is CCCCSCc1csc(-c2cccc(OC)c2)n1. The number of hydrogen-bond acceptors (Lipinski definition) is 4.